The van der Waals surface area contributed by atoms with Gasteiger partial charge in [-0.2, -0.15) is 25.5 Å². The number of amides is 1. The maximum Gasteiger partial charge on any atom is 0.241 e. The number of hydrogen-bond acceptors (Lipinski definition) is 17. The highest BCUT2D eigenvalue weighted by Gasteiger charge is 2.27. The standard InChI is InChI=1S/C23H23ClN6O.3C19H15ClN4.C18H11ClF2N4/c1-29(2)14-13-25-18(31)15-30-23-19(21(28-30)16-9-5-3-6-10-16)20(24)22(26-27-23)17-11-7-4-8-12-17;1-12-8-6-7-11-14(12)18-15-16(20)17(13-9-4-3-5-10-13)21-22-19(15)24(2)23-18;2*1-12-7-6-10-14(11-12)17-15-16(20)18(13-8-4-3-5-9-13)21-22-19(15)24(2)23-17;1-25-18-14(16(24-25)10-2-6-12(20)7-3-10)15(19)17(22-23-18)11-4-8-13(21)9-5-11/h3-12H,13-15H2,1-2H3,(H,25,31);3*3-11H,1-2H3;2-9H,1H3. The third-order valence-corrected chi connectivity index (χ3v) is 22.8. The van der Waals surface area contributed by atoms with E-state index >= 15 is 0 Å². The summed E-state index contributed by atoms with van der Waals surface area (Å²) in [6.07, 6.45) is 0. The summed E-state index contributed by atoms with van der Waals surface area (Å²) in [4.78, 5) is 14.5. The number of nitrogens with zero attached hydrogens (tertiary/aromatic N) is 21. The fourth-order valence-corrected chi connectivity index (χ4v) is 16.2. The Labute approximate surface area is 759 Å². The molecular weight excluding hydrogens is 1720 g/mol. The quantitative estimate of drug-likeness (QED) is 0.100. The van der Waals surface area contributed by atoms with Crippen molar-refractivity contribution < 1.29 is 13.6 Å². The second-order valence-corrected chi connectivity index (χ2v) is 32.1. The van der Waals surface area contributed by atoms with Crippen LogP contribution in [0.25, 0.3) is 168 Å². The first-order chi connectivity index (χ1) is 62.0. The topological polar surface area (TPSA) is 250 Å². The number of hydrogen-bond donors (Lipinski definition) is 1. The minimum atomic E-state index is -0.345. The zero-order valence-electron chi connectivity index (χ0n) is 70.5. The van der Waals surface area contributed by atoms with E-state index in [0.717, 1.165) is 89.9 Å². The molecule has 0 unspecified atom stereocenters. The number of benzene rings is 10. The van der Waals surface area contributed by atoms with Gasteiger partial charge in [0.1, 0.15) is 75.1 Å². The lowest BCUT2D eigenvalue weighted by Crippen LogP contribution is -2.33. The number of carbonyl (C=O) groups is 1. The van der Waals surface area contributed by atoms with Crippen LogP contribution in [0, 0.1) is 32.4 Å². The average molecular weight is 1800 g/mol. The molecule has 0 aliphatic heterocycles. The Morgan fingerprint density at radius 3 is 0.930 bits per heavy atom. The van der Waals surface area contributed by atoms with Crippen LogP contribution in [0.3, 0.4) is 0 Å². The van der Waals surface area contributed by atoms with Crippen molar-refractivity contribution in [3.05, 3.63) is 326 Å². The molecule has 0 atom stereocenters. The van der Waals surface area contributed by atoms with Crippen molar-refractivity contribution in [1.29, 1.82) is 0 Å². The highest BCUT2D eigenvalue weighted by molar-refractivity contribution is 6.41. The first-order valence-corrected chi connectivity index (χ1v) is 42.3. The number of aryl methyl sites for hydroxylation is 7. The summed E-state index contributed by atoms with van der Waals surface area (Å²) in [5, 5.41) is 75.5. The molecule has 0 bridgehead atoms. The highest BCUT2D eigenvalue weighted by Crippen LogP contribution is 2.44. The molecule has 10 aromatic carbocycles. The normalized spacial score (nSPS) is 11.2. The average Bonchev–Trinajstić information content (AvgIpc) is 1.33. The molecule has 30 heteroatoms. The lowest BCUT2D eigenvalue weighted by Gasteiger charge is -2.10. The SMILES string of the molecule is CN(C)CCNC(=O)Cn1nc(-c2ccccc2)c2c(Cl)c(-c3ccccc3)nnc21.Cc1cccc(-c2nn(C)c3nnc(-c4ccccc4)c(Cl)c23)c1.Cc1cccc(-c2nn(C)c3nnc(-c4ccccc4)c(Cl)c23)c1.Cc1ccccc1-c1nn(C)c2nnc(-c3ccccc3)c(Cl)c12.Cn1nc(-c2ccc(F)cc2)c2c(Cl)c(-c3ccc(F)cc3)nnc21. The molecule has 0 fully saturated rings. The van der Waals surface area contributed by atoms with Crippen molar-refractivity contribution in [2.45, 2.75) is 27.3 Å². The van der Waals surface area contributed by atoms with Gasteiger partial charge in [-0.3, -0.25) is 4.79 Å². The molecule has 20 rings (SSSR count). The Morgan fingerprint density at radius 2 is 0.586 bits per heavy atom. The van der Waals surface area contributed by atoms with Crippen molar-refractivity contribution in [1.82, 2.24) is 110 Å². The molecule has 0 spiro atoms. The predicted molar refractivity (Wildman–Crippen MR) is 506 cm³/mol. The molecule has 10 aromatic heterocycles. The summed E-state index contributed by atoms with van der Waals surface area (Å²) >= 11 is 33.6. The second-order valence-electron chi connectivity index (χ2n) is 30.3. The van der Waals surface area contributed by atoms with E-state index in [-0.39, 0.29) is 24.1 Å². The molecule has 1 amide bonds. The van der Waals surface area contributed by atoms with Crippen LogP contribution in [0.15, 0.2) is 273 Å². The van der Waals surface area contributed by atoms with Gasteiger partial charge in [-0.25, -0.2) is 32.2 Å². The third kappa shape index (κ3) is 18.5. The Morgan fingerprint density at radius 1 is 0.312 bits per heavy atom. The van der Waals surface area contributed by atoms with Crippen LogP contribution < -0.4 is 5.32 Å². The smallest absolute Gasteiger partial charge is 0.241 e. The van der Waals surface area contributed by atoms with Gasteiger partial charge in [0.05, 0.1) is 52.0 Å². The van der Waals surface area contributed by atoms with Gasteiger partial charge in [-0.05, 0) is 101 Å². The maximum absolute atomic E-state index is 13.2. The molecule has 20 aromatic rings. The van der Waals surface area contributed by atoms with Crippen LogP contribution in [0.2, 0.25) is 25.1 Å². The van der Waals surface area contributed by atoms with Crippen molar-refractivity contribution in [2.24, 2.45) is 28.2 Å². The summed E-state index contributed by atoms with van der Waals surface area (Å²) in [7, 11) is 11.2. The molecule has 128 heavy (non-hydrogen) atoms. The Kier molecular flexibility index (Phi) is 26.3. The number of fused-ring (bicyclic) bond motifs is 5. The van der Waals surface area contributed by atoms with Gasteiger partial charge in [0.15, 0.2) is 28.2 Å². The van der Waals surface area contributed by atoms with E-state index in [1.807, 2.05) is 228 Å². The van der Waals surface area contributed by atoms with Crippen LogP contribution in [0.1, 0.15) is 16.7 Å². The largest absolute Gasteiger partial charge is 0.353 e. The van der Waals surface area contributed by atoms with E-state index < -0.39 is 0 Å². The third-order valence-electron chi connectivity index (χ3n) is 21.0. The molecule has 0 aliphatic rings. The van der Waals surface area contributed by atoms with Gasteiger partial charge in [0.25, 0.3) is 0 Å². The minimum absolute atomic E-state index is 0.0342. The van der Waals surface area contributed by atoms with E-state index in [1.54, 1.807) is 54.7 Å². The molecule has 1 N–H and O–H groups in total. The van der Waals surface area contributed by atoms with Crippen LogP contribution in [-0.2, 0) is 39.5 Å². The molecule has 0 aliphatic carbocycles. The van der Waals surface area contributed by atoms with Crippen molar-refractivity contribution in [2.75, 3.05) is 27.2 Å². The van der Waals surface area contributed by atoms with E-state index in [2.05, 4.69) is 134 Å². The van der Waals surface area contributed by atoms with Gasteiger partial charge in [-0.1, -0.05) is 281 Å². The summed E-state index contributed by atoms with van der Waals surface area (Å²) < 4.78 is 34.7. The molecule has 10 heterocycles. The maximum atomic E-state index is 13.2. The molecule has 636 valence electrons. The van der Waals surface area contributed by atoms with Gasteiger partial charge >= 0.3 is 0 Å². The van der Waals surface area contributed by atoms with E-state index in [4.69, 9.17) is 63.1 Å². The number of aromatic nitrogens is 20. The monoisotopic (exact) mass is 1790 g/mol. The molecular formula is C98H79Cl5F2N22O. The number of likely N-dealkylation sites (N-methyl/N-ethyl adjacent to an activating group) is 1. The fraction of sp³-hybridized carbons (Fsp3) is 0.122. The first-order valence-electron chi connectivity index (χ1n) is 40.4. The number of halogens is 7. The van der Waals surface area contributed by atoms with Crippen LogP contribution >= 0.6 is 58.0 Å². The van der Waals surface area contributed by atoms with Gasteiger partial charge in [-0.15, -0.1) is 51.0 Å². The summed E-state index contributed by atoms with van der Waals surface area (Å²) in [5.41, 5.74) is 22.4. The highest BCUT2D eigenvalue weighted by atomic mass is 35.5. The number of carbonyl (C=O) groups excluding carboxylic acids is 1. The van der Waals surface area contributed by atoms with Crippen molar-refractivity contribution >= 4 is 119 Å². The van der Waals surface area contributed by atoms with Crippen LogP contribution in [0.4, 0.5) is 8.78 Å². The molecule has 0 radical (unpaired) electrons. The number of nitrogens with one attached hydrogen (secondary N) is 1. The number of rotatable bonds is 15. The Balaban J connectivity index is 0.000000118. The van der Waals surface area contributed by atoms with Crippen molar-refractivity contribution in [3.63, 3.8) is 0 Å². The molecule has 23 nitrogen and oxygen atoms in total. The Hall–Kier alpha value is -14.3. The van der Waals surface area contributed by atoms with Crippen LogP contribution in [0.5, 0.6) is 0 Å². The summed E-state index contributed by atoms with van der Waals surface area (Å²) in [6.45, 7) is 7.54. The van der Waals surface area contributed by atoms with E-state index in [9.17, 15) is 13.6 Å². The molecule has 0 saturated heterocycles. The fourth-order valence-electron chi connectivity index (χ4n) is 14.6. The molecule has 0 saturated carbocycles. The minimum Gasteiger partial charge on any atom is -0.353 e. The zero-order valence-corrected chi connectivity index (χ0v) is 74.3. The Bertz CT molecular complexity index is 7260. The lowest BCUT2D eigenvalue weighted by atomic mass is 10.0. The van der Waals surface area contributed by atoms with Gasteiger partial charge < -0.3 is 10.2 Å². The van der Waals surface area contributed by atoms with Crippen LogP contribution in [-0.4, -0.2) is 138 Å². The van der Waals surface area contributed by atoms with E-state index in [1.165, 1.54) is 35.4 Å². The van der Waals surface area contributed by atoms with Gasteiger partial charge in [0.2, 0.25) is 5.91 Å². The second kappa shape index (κ2) is 38.7. The predicted octanol–water partition coefficient (Wildman–Crippen LogP) is 22.1. The summed E-state index contributed by atoms with van der Waals surface area (Å²) in [6, 6.07) is 85.3. The summed E-state index contributed by atoms with van der Waals surface area (Å²) in [5.74, 6) is -0.819. The lowest BCUT2D eigenvalue weighted by molar-refractivity contribution is -0.121. The van der Waals surface area contributed by atoms with Crippen molar-refractivity contribution in [3.8, 4) is 113 Å². The zero-order chi connectivity index (χ0) is 89.4. The van der Waals surface area contributed by atoms with E-state index in [0.29, 0.717) is 122 Å². The first kappa shape index (κ1) is 87.2. The van der Waals surface area contributed by atoms with Gasteiger partial charge in [0, 0.05) is 96.9 Å².